The van der Waals surface area contributed by atoms with Gasteiger partial charge in [-0.15, -0.1) is 0 Å². The molecule has 1 saturated heterocycles. The summed E-state index contributed by atoms with van der Waals surface area (Å²) >= 11 is 5.99. The summed E-state index contributed by atoms with van der Waals surface area (Å²) in [5, 5.41) is 6.31. The Bertz CT molecular complexity index is 868. The minimum atomic E-state index is -0.372. The van der Waals surface area contributed by atoms with Crippen molar-refractivity contribution in [3.8, 4) is 5.75 Å². The molecule has 0 radical (unpaired) electrons. The van der Waals surface area contributed by atoms with Gasteiger partial charge in [0.15, 0.2) is 0 Å². The summed E-state index contributed by atoms with van der Waals surface area (Å²) in [6.45, 7) is 1.62. The van der Waals surface area contributed by atoms with E-state index in [2.05, 4.69) is 10.6 Å². The first kappa shape index (κ1) is 21.1. The van der Waals surface area contributed by atoms with E-state index in [9.17, 15) is 14.0 Å². The summed E-state index contributed by atoms with van der Waals surface area (Å²) < 4.78 is 18.2. The van der Waals surface area contributed by atoms with Crippen molar-refractivity contribution in [1.82, 2.24) is 10.2 Å². The van der Waals surface area contributed by atoms with Crippen LogP contribution in [0.2, 0.25) is 5.02 Å². The maximum absolute atomic E-state index is 13.0. The minimum Gasteiger partial charge on any atom is -0.495 e. The molecule has 0 aliphatic carbocycles. The Morgan fingerprint density at radius 2 is 1.86 bits per heavy atom. The molecule has 1 aliphatic heterocycles. The summed E-state index contributed by atoms with van der Waals surface area (Å²) in [6, 6.07) is 10.5. The molecule has 154 valence electrons. The molecule has 2 aromatic carbocycles. The fraction of sp³-hybridized carbons (Fsp3) is 0.333. The van der Waals surface area contributed by atoms with Gasteiger partial charge in [0.25, 0.3) is 5.91 Å². The Labute approximate surface area is 174 Å². The molecule has 1 heterocycles. The Hall–Kier alpha value is -2.64. The van der Waals surface area contributed by atoms with Crippen molar-refractivity contribution in [3.05, 3.63) is 58.9 Å². The average Bonchev–Trinajstić information content (AvgIpc) is 2.70. The molecule has 1 aliphatic rings. The van der Waals surface area contributed by atoms with Gasteiger partial charge in [0, 0.05) is 29.7 Å². The molecule has 3 rings (SSSR count). The molecule has 0 aromatic heterocycles. The van der Waals surface area contributed by atoms with Crippen LogP contribution in [0.15, 0.2) is 42.5 Å². The van der Waals surface area contributed by atoms with Gasteiger partial charge in [-0.1, -0.05) is 11.6 Å². The van der Waals surface area contributed by atoms with Gasteiger partial charge in [0.1, 0.15) is 11.6 Å². The van der Waals surface area contributed by atoms with Crippen LogP contribution in [0.5, 0.6) is 5.75 Å². The van der Waals surface area contributed by atoms with E-state index < -0.39 is 0 Å². The summed E-state index contributed by atoms with van der Waals surface area (Å²) in [5.41, 5.74) is 0.968. The molecule has 2 aromatic rings. The second-order valence-corrected chi connectivity index (χ2v) is 7.36. The lowest BCUT2D eigenvalue weighted by Crippen LogP contribution is -2.46. The lowest BCUT2D eigenvalue weighted by molar-refractivity contribution is -0.117. The number of carbonyl (C=O) groups is 2. The highest BCUT2D eigenvalue weighted by Crippen LogP contribution is 2.27. The maximum atomic E-state index is 13.0. The zero-order chi connectivity index (χ0) is 20.8. The van der Waals surface area contributed by atoms with Crippen molar-refractivity contribution in [2.24, 2.45) is 0 Å². The molecule has 0 spiro atoms. The van der Waals surface area contributed by atoms with Crippen LogP contribution in [-0.4, -0.2) is 49.5 Å². The first-order chi connectivity index (χ1) is 13.9. The number of hydrogen-bond donors (Lipinski definition) is 2. The van der Waals surface area contributed by atoms with Gasteiger partial charge in [-0.2, -0.15) is 0 Å². The summed E-state index contributed by atoms with van der Waals surface area (Å²) in [7, 11) is 1.53. The van der Waals surface area contributed by atoms with E-state index in [4.69, 9.17) is 16.3 Å². The van der Waals surface area contributed by atoms with Crippen molar-refractivity contribution in [2.45, 2.75) is 18.9 Å². The van der Waals surface area contributed by atoms with E-state index in [0.29, 0.717) is 35.1 Å². The Morgan fingerprint density at radius 1 is 1.17 bits per heavy atom. The molecular weight excluding hydrogens is 397 g/mol. The molecule has 1 fully saturated rings. The summed E-state index contributed by atoms with van der Waals surface area (Å²) in [4.78, 5) is 26.7. The number of benzene rings is 2. The SMILES string of the molecule is COc1ccc(Cl)cc1NC(=O)CN1CCC(NC(=O)c2ccc(F)cc2)CC1. The number of nitrogens with zero attached hydrogens (tertiary/aromatic N) is 1. The Morgan fingerprint density at radius 3 is 2.52 bits per heavy atom. The number of anilines is 1. The molecule has 2 N–H and O–H groups in total. The van der Waals surface area contributed by atoms with E-state index in [0.717, 1.165) is 12.8 Å². The summed E-state index contributed by atoms with van der Waals surface area (Å²) in [6.07, 6.45) is 1.47. The van der Waals surface area contributed by atoms with Crippen LogP contribution in [0.25, 0.3) is 0 Å². The topological polar surface area (TPSA) is 70.7 Å². The van der Waals surface area contributed by atoms with Crippen LogP contribution in [-0.2, 0) is 4.79 Å². The van der Waals surface area contributed by atoms with E-state index >= 15 is 0 Å². The van der Waals surface area contributed by atoms with E-state index in [1.54, 1.807) is 18.2 Å². The number of ether oxygens (including phenoxy) is 1. The quantitative estimate of drug-likeness (QED) is 0.753. The smallest absolute Gasteiger partial charge is 0.251 e. The molecule has 0 bridgehead atoms. The molecule has 29 heavy (non-hydrogen) atoms. The lowest BCUT2D eigenvalue weighted by atomic mass is 10.0. The molecule has 0 atom stereocenters. The fourth-order valence-electron chi connectivity index (χ4n) is 3.28. The number of piperidine rings is 1. The predicted octanol–water partition coefficient (Wildman–Crippen LogP) is 3.32. The number of nitrogens with one attached hydrogen (secondary N) is 2. The first-order valence-electron chi connectivity index (χ1n) is 9.37. The van der Waals surface area contributed by atoms with Crippen LogP contribution in [0.1, 0.15) is 23.2 Å². The number of carbonyl (C=O) groups excluding carboxylic acids is 2. The number of likely N-dealkylation sites (tertiary alicyclic amines) is 1. The third-order valence-corrected chi connectivity index (χ3v) is 5.07. The van der Waals surface area contributed by atoms with E-state index in [1.165, 1.54) is 31.4 Å². The highest BCUT2D eigenvalue weighted by molar-refractivity contribution is 6.31. The highest BCUT2D eigenvalue weighted by atomic mass is 35.5. The van der Waals surface area contributed by atoms with Crippen LogP contribution in [0, 0.1) is 5.82 Å². The van der Waals surface area contributed by atoms with Crippen molar-refractivity contribution in [1.29, 1.82) is 0 Å². The monoisotopic (exact) mass is 419 g/mol. The highest BCUT2D eigenvalue weighted by Gasteiger charge is 2.23. The lowest BCUT2D eigenvalue weighted by Gasteiger charge is -2.31. The largest absolute Gasteiger partial charge is 0.495 e. The second kappa shape index (κ2) is 9.71. The van der Waals surface area contributed by atoms with Gasteiger partial charge in [-0.3, -0.25) is 14.5 Å². The molecule has 0 saturated carbocycles. The third-order valence-electron chi connectivity index (χ3n) is 4.83. The number of amides is 2. The number of hydrogen-bond acceptors (Lipinski definition) is 4. The number of halogens is 2. The standard InChI is InChI=1S/C21H23ClFN3O3/c1-29-19-7-4-15(22)12-18(19)25-20(27)13-26-10-8-17(9-11-26)24-21(28)14-2-5-16(23)6-3-14/h2-7,12,17H,8-11,13H2,1H3,(H,24,28)(H,25,27). The van der Waals surface area contributed by atoms with E-state index in [-0.39, 0.29) is 30.2 Å². The van der Waals surface area contributed by atoms with Crippen LogP contribution >= 0.6 is 11.6 Å². The van der Waals surface area contributed by atoms with Crippen LogP contribution < -0.4 is 15.4 Å². The van der Waals surface area contributed by atoms with Crippen LogP contribution in [0.4, 0.5) is 10.1 Å². The van der Waals surface area contributed by atoms with E-state index in [1.807, 2.05) is 4.90 Å². The summed E-state index contributed by atoms with van der Waals surface area (Å²) in [5.74, 6) is -0.192. The minimum absolute atomic E-state index is 0.0277. The number of methoxy groups -OCH3 is 1. The van der Waals surface area contributed by atoms with Crippen molar-refractivity contribution < 1.29 is 18.7 Å². The Kier molecular flexibility index (Phi) is 7.06. The Balaban J connectivity index is 1.46. The average molecular weight is 420 g/mol. The van der Waals surface area contributed by atoms with Crippen molar-refractivity contribution >= 4 is 29.1 Å². The second-order valence-electron chi connectivity index (χ2n) is 6.92. The maximum Gasteiger partial charge on any atom is 0.251 e. The zero-order valence-corrected chi connectivity index (χ0v) is 16.8. The fourth-order valence-corrected chi connectivity index (χ4v) is 3.45. The molecular formula is C21H23ClFN3O3. The zero-order valence-electron chi connectivity index (χ0n) is 16.1. The third kappa shape index (κ3) is 5.92. The van der Waals surface area contributed by atoms with Gasteiger partial charge >= 0.3 is 0 Å². The number of rotatable bonds is 6. The normalized spacial score (nSPS) is 15.0. The first-order valence-corrected chi connectivity index (χ1v) is 9.74. The molecule has 8 heteroatoms. The van der Waals surface area contributed by atoms with Gasteiger partial charge in [0.2, 0.25) is 5.91 Å². The van der Waals surface area contributed by atoms with Gasteiger partial charge in [0.05, 0.1) is 19.3 Å². The van der Waals surface area contributed by atoms with Gasteiger partial charge in [-0.25, -0.2) is 4.39 Å². The molecule has 6 nitrogen and oxygen atoms in total. The predicted molar refractivity (Wildman–Crippen MR) is 110 cm³/mol. The van der Waals surface area contributed by atoms with Crippen molar-refractivity contribution in [2.75, 3.05) is 32.1 Å². The van der Waals surface area contributed by atoms with Crippen molar-refractivity contribution in [3.63, 3.8) is 0 Å². The van der Waals surface area contributed by atoms with Gasteiger partial charge in [-0.05, 0) is 55.3 Å². The van der Waals surface area contributed by atoms with Crippen LogP contribution in [0.3, 0.4) is 0 Å². The molecule has 0 unspecified atom stereocenters. The van der Waals surface area contributed by atoms with Gasteiger partial charge < -0.3 is 15.4 Å². The molecule has 2 amide bonds.